The standard InChI is InChI=1S/C12H19BO6/c1-11(2,3)18-10(15)12(8-14)7-5-4-6-9(12)19-13(16)17/h4-7,9,14,16-17H,8H2,1-3H3. The zero-order chi connectivity index (χ0) is 14.7. The summed E-state index contributed by atoms with van der Waals surface area (Å²) in [5.74, 6) is -0.686. The molecule has 19 heavy (non-hydrogen) atoms. The van der Waals surface area contributed by atoms with Crippen molar-refractivity contribution in [1.29, 1.82) is 0 Å². The highest BCUT2D eigenvalue weighted by Crippen LogP contribution is 2.33. The van der Waals surface area contributed by atoms with Crippen LogP contribution in [0.2, 0.25) is 0 Å². The van der Waals surface area contributed by atoms with E-state index in [1.165, 1.54) is 12.2 Å². The summed E-state index contributed by atoms with van der Waals surface area (Å²) < 4.78 is 10.1. The van der Waals surface area contributed by atoms with Crippen LogP contribution in [0, 0.1) is 5.41 Å². The lowest BCUT2D eigenvalue weighted by molar-refractivity contribution is -0.171. The Balaban J connectivity index is 3.01. The maximum absolute atomic E-state index is 12.2. The van der Waals surface area contributed by atoms with Crippen LogP contribution in [0.4, 0.5) is 0 Å². The molecule has 0 bridgehead atoms. The molecule has 0 saturated heterocycles. The van der Waals surface area contributed by atoms with Crippen LogP contribution < -0.4 is 0 Å². The van der Waals surface area contributed by atoms with Gasteiger partial charge in [-0.3, -0.25) is 4.79 Å². The van der Waals surface area contributed by atoms with Crippen molar-refractivity contribution in [3.8, 4) is 0 Å². The zero-order valence-electron chi connectivity index (χ0n) is 11.2. The van der Waals surface area contributed by atoms with Crippen LogP contribution in [0.25, 0.3) is 0 Å². The summed E-state index contributed by atoms with van der Waals surface area (Å²) in [5.41, 5.74) is -2.21. The third kappa shape index (κ3) is 3.91. The fourth-order valence-corrected chi connectivity index (χ4v) is 1.72. The van der Waals surface area contributed by atoms with Crippen molar-refractivity contribution in [2.24, 2.45) is 5.41 Å². The fraction of sp³-hybridized carbons (Fsp3) is 0.583. The maximum atomic E-state index is 12.2. The molecule has 6 nitrogen and oxygen atoms in total. The van der Waals surface area contributed by atoms with Crippen molar-refractivity contribution < 1.29 is 29.3 Å². The number of aliphatic hydroxyl groups excluding tert-OH is 1. The van der Waals surface area contributed by atoms with Crippen molar-refractivity contribution in [2.45, 2.75) is 32.5 Å². The van der Waals surface area contributed by atoms with Gasteiger partial charge in [0.15, 0.2) is 0 Å². The van der Waals surface area contributed by atoms with E-state index in [0.717, 1.165) is 0 Å². The van der Waals surface area contributed by atoms with Crippen LogP contribution in [0.3, 0.4) is 0 Å². The minimum absolute atomic E-state index is 0.569. The monoisotopic (exact) mass is 270 g/mol. The molecule has 0 aromatic heterocycles. The summed E-state index contributed by atoms with van der Waals surface area (Å²) in [7, 11) is -2.05. The lowest BCUT2D eigenvalue weighted by Crippen LogP contribution is -2.50. The average molecular weight is 270 g/mol. The van der Waals surface area contributed by atoms with E-state index in [-0.39, 0.29) is 0 Å². The van der Waals surface area contributed by atoms with Crippen LogP contribution >= 0.6 is 0 Å². The lowest BCUT2D eigenvalue weighted by Gasteiger charge is -2.36. The molecule has 0 fully saturated rings. The van der Waals surface area contributed by atoms with E-state index < -0.39 is 37.0 Å². The molecule has 0 saturated carbocycles. The van der Waals surface area contributed by atoms with E-state index in [0.29, 0.717) is 0 Å². The Kier molecular flexibility index (Phi) is 4.92. The van der Waals surface area contributed by atoms with Crippen molar-refractivity contribution in [2.75, 3.05) is 6.61 Å². The minimum atomic E-state index is -2.05. The van der Waals surface area contributed by atoms with Gasteiger partial charge in [-0.05, 0) is 20.8 Å². The highest BCUT2D eigenvalue weighted by Gasteiger charge is 2.47. The number of hydrogen-bond donors (Lipinski definition) is 3. The summed E-state index contributed by atoms with van der Waals surface area (Å²) in [5, 5.41) is 27.3. The van der Waals surface area contributed by atoms with Gasteiger partial charge in [-0.2, -0.15) is 0 Å². The number of rotatable bonds is 4. The summed E-state index contributed by atoms with van der Waals surface area (Å²) in [6.07, 6.45) is 5.04. The molecule has 1 aliphatic rings. The van der Waals surface area contributed by atoms with Crippen molar-refractivity contribution in [1.82, 2.24) is 0 Å². The van der Waals surface area contributed by atoms with Gasteiger partial charge in [-0.1, -0.05) is 24.3 Å². The number of carbonyl (C=O) groups excluding carboxylic acids is 1. The SMILES string of the molecule is CC(C)(C)OC(=O)C1(CO)C=CC=CC1OB(O)O. The van der Waals surface area contributed by atoms with Gasteiger partial charge in [0, 0.05) is 0 Å². The smallest absolute Gasteiger partial charge is 0.459 e. The van der Waals surface area contributed by atoms with Gasteiger partial charge in [0.2, 0.25) is 0 Å². The molecule has 2 unspecified atom stereocenters. The molecule has 7 heteroatoms. The van der Waals surface area contributed by atoms with E-state index in [4.69, 9.17) is 19.4 Å². The van der Waals surface area contributed by atoms with Crippen LogP contribution in [-0.2, 0) is 14.2 Å². The molecular formula is C12H19BO6. The van der Waals surface area contributed by atoms with E-state index >= 15 is 0 Å². The lowest BCUT2D eigenvalue weighted by atomic mass is 9.79. The molecule has 0 spiro atoms. The number of hydrogen-bond acceptors (Lipinski definition) is 6. The molecule has 1 aliphatic carbocycles. The molecule has 0 heterocycles. The normalized spacial score (nSPS) is 26.3. The number of carbonyl (C=O) groups is 1. The Morgan fingerprint density at radius 1 is 1.37 bits per heavy atom. The highest BCUT2D eigenvalue weighted by atomic mass is 16.6. The third-order valence-corrected chi connectivity index (χ3v) is 2.61. The van der Waals surface area contributed by atoms with Crippen LogP contribution in [0.1, 0.15) is 20.8 Å². The van der Waals surface area contributed by atoms with Gasteiger partial charge >= 0.3 is 13.3 Å². The second kappa shape index (κ2) is 5.87. The quantitative estimate of drug-likeness (QED) is 0.483. The summed E-state index contributed by atoms with van der Waals surface area (Å²) >= 11 is 0. The predicted molar refractivity (Wildman–Crippen MR) is 68.7 cm³/mol. The average Bonchev–Trinajstić information content (AvgIpc) is 2.26. The number of allylic oxidation sites excluding steroid dienone is 2. The molecule has 1 rings (SSSR count). The Morgan fingerprint density at radius 3 is 2.47 bits per heavy atom. The number of ether oxygens (including phenoxy) is 1. The van der Waals surface area contributed by atoms with E-state index in [9.17, 15) is 9.90 Å². The van der Waals surface area contributed by atoms with Crippen molar-refractivity contribution in [3.05, 3.63) is 24.3 Å². The van der Waals surface area contributed by atoms with Crippen molar-refractivity contribution in [3.63, 3.8) is 0 Å². The topological polar surface area (TPSA) is 96.2 Å². The summed E-state index contributed by atoms with van der Waals surface area (Å²) in [6.45, 7) is 4.54. The van der Waals surface area contributed by atoms with Crippen molar-refractivity contribution >= 4 is 13.3 Å². The Labute approximate surface area is 112 Å². The van der Waals surface area contributed by atoms with Gasteiger partial charge < -0.3 is 24.5 Å². The van der Waals surface area contributed by atoms with Gasteiger partial charge in [0.25, 0.3) is 0 Å². The number of aliphatic hydroxyl groups is 1. The Bertz CT molecular complexity index is 384. The summed E-state index contributed by atoms with van der Waals surface area (Å²) in [6, 6.07) is 0. The molecule has 0 aromatic rings. The second-order valence-electron chi connectivity index (χ2n) is 5.33. The fourth-order valence-electron chi connectivity index (χ4n) is 1.72. The van der Waals surface area contributed by atoms with Crippen LogP contribution in [0.5, 0.6) is 0 Å². The molecule has 0 aliphatic heterocycles. The molecule has 3 N–H and O–H groups in total. The Hall–Kier alpha value is -1.15. The van der Waals surface area contributed by atoms with Gasteiger partial charge in [-0.15, -0.1) is 0 Å². The molecule has 0 aromatic carbocycles. The van der Waals surface area contributed by atoms with Crippen LogP contribution in [-0.4, -0.2) is 46.8 Å². The first-order valence-electron chi connectivity index (χ1n) is 5.93. The van der Waals surface area contributed by atoms with E-state index in [1.54, 1.807) is 32.9 Å². The first-order valence-corrected chi connectivity index (χ1v) is 5.93. The van der Waals surface area contributed by atoms with Gasteiger partial charge in [-0.25, -0.2) is 0 Å². The first-order chi connectivity index (χ1) is 8.71. The van der Waals surface area contributed by atoms with E-state index in [1.807, 2.05) is 0 Å². The molecule has 0 radical (unpaired) electrons. The van der Waals surface area contributed by atoms with Gasteiger partial charge in [0.1, 0.15) is 11.0 Å². The summed E-state index contributed by atoms with van der Waals surface area (Å²) in [4.78, 5) is 12.2. The molecule has 106 valence electrons. The minimum Gasteiger partial charge on any atom is -0.459 e. The first kappa shape index (κ1) is 15.9. The van der Waals surface area contributed by atoms with Crippen LogP contribution in [0.15, 0.2) is 24.3 Å². The largest absolute Gasteiger partial charge is 0.634 e. The Morgan fingerprint density at radius 2 is 2.00 bits per heavy atom. The molecular weight excluding hydrogens is 251 g/mol. The second-order valence-corrected chi connectivity index (χ2v) is 5.33. The molecule has 0 amide bonds. The van der Waals surface area contributed by atoms with E-state index in [2.05, 4.69) is 0 Å². The third-order valence-electron chi connectivity index (χ3n) is 2.61. The maximum Gasteiger partial charge on any atom is 0.634 e. The zero-order valence-corrected chi connectivity index (χ0v) is 11.2. The predicted octanol–water partition coefficient (Wildman–Crippen LogP) is -0.213. The van der Waals surface area contributed by atoms with Gasteiger partial charge in [0.05, 0.1) is 12.7 Å². The molecule has 2 atom stereocenters. The number of esters is 1. The highest BCUT2D eigenvalue weighted by molar-refractivity contribution is 6.32.